The summed E-state index contributed by atoms with van der Waals surface area (Å²) in [5.41, 5.74) is 1.08. The molecule has 1 atom stereocenters. The molecule has 1 heterocycles. The number of carboxylic acid groups (broad SMARTS) is 1. The van der Waals surface area contributed by atoms with Gasteiger partial charge in [0.1, 0.15) is 4.88 Å². The van der Waals surface area contributed by atoms with Gasteiger partial charge in [-0.2, -0.15) is 0 Å². The number of thioether (sulfide) groups is 1. The lowest BCUT2D eigenvalue weighted by atomic mass is 10.0. The van der Waals surface area contributed by atoms with E-state index in [0.717, 1.165) is 10.5 Å². The summed E-state index contributed by atoms with van der Waals surface area (Å²) in [6.45, 7) is 0. The number of nitrogens with one attached hydrogen (secondary N) is 1. The van der Waals surface area contributed by atoms with Crippen molar-refractivity contribution >= 4 is 35.0 Å². The molecule has 2 N–H and O–H groups in total. The van der Waals surface area contributed by atoms with Crippen molar-refractivity contribution in [3.63, 3.8) is 0 Å². The van der Waals surface area contributed by atoms with Crippen LogP contribution in [0.3, 0.4) is 0 Å². The Balaban J connectivity index is 2.07. The van der Waals surface area contributed by atoms with Crippen LogP contribution < -0.4 is 5.32 Å². The number of amides is 1. The van der Waals surface area contributed by atoms with Crippen LogP contribution in [0.15, 0.2) is 46.7 Å². The van der Waals surface area contributed by atoms with E-state index in [-0.39, 0.29) is 18.4 Å². The fraction of sp³-hybridized carbons (Fsp3) is 0.294. The number of benzene rings is 1. The quantitative estimate of drug-likeness (QED) is 0.714. The van der Waals surface area contributed by atoms with Gasteiger partial charge in [-0.1, -0.05) is 30.3 Å². The third kappa shape index (κ3) is 5.41. The molecule has 4 nitrogen and oxygen atoms in total. The van der Waals surface area contributed by atoms with Crippen molar-refractivity contribution in [2.24, 2.45) is 0 Å². The van der Waals surface area contributed by atoms with Gasteiger partial charge in [-0.3, -0.25) is 9.59 Å². The van der Waals surface area contributed by atoms with Crippen molar-refractivity contribution in [1.82, 2.24) is 5.32 Å². The number of carbonyl (C=O) groups is 2. The summed E-state index contributed by atoms with van der Waals surface area (Å²) in [5, 5.41) is 13.8. The molecule has 1 aromatic carbocycles. The Morgan fingerprint density at radius 3 is 2.65 bits per heavy atom. The molecule has 1 unspecified atom stereocenters. The smallest absolute Gasteiger partial charge is 0.303 e. The van der Waals surface area contributed by atoms with Crippen molar-refractivity contribution in [3.8, 4) is 0 Å². The highest BCUT2D eigenvalue weighted by Crippen LogP contribution is 2.25. The van der Waals surface area contributed by atoms with E-state index in [1.165, 1.54) is 23.1 Å². The van der Waals surface area contributed by atoms with Crippen LogP contribution in [0, 0.1) is 0 Å². The Kier molecular flexibility index (Phi) is 6.67. The highest BCUT2D eigenvalue weighted by molar-refractivity contribution is 7.98. The fourth-order valence-electron chi connectivity index (χ4n) is 2.30. The van der Waals surface area contributed by atoms with Gasteiger partial charge in [-0.15, -0.1) is 23.1 Å². The lowest BCUT2D eigenvalue weighted by Crippen LogP contribution is -2.36. The Bertz CT molecular complexity index is 655. The van der Waals surface area contributed by atoms with Crippen LogP contribution in [-0.2, 0) is 11.2 Å². The zero-order valence-electron chi connectivity index (χ0n) is 12.8. The topological polar surface area (TPSA) is 66.4 Å². The number of aliphatic carboxylic acids is 1. The number of carboxylic acids is 1. The van der Waals surface area contributed by atoms with Crippen molar-refractivity contribution in [1.29, 1.82) is 0 Å². The summed E-state index contributed by atoms with van der Waals surface area (Å²) in [5.74, 6) is -0.978. The molecular weight excluding hydrogens is 330 g/mol. The van der Waals surface area contributed by atoms with Gasteiger partial charge < -0.3 is 10.4 Å². The van der Waals surface area contributed by atoms with E-state index in [4.69, 9.17) is 5.11 Å². The number of thiophene rings is 1. The first-order valence-corrected chi connectivity index (χ1v) is 9.38. The number of rotatable bonds is 8. The molecule has 2 aromatic rings. The second-order valence-electron chi connectivity index (χ2n) is 5.11. The maximum Gasteiger partial charge on any atom is 0.303 e. The summed E-state index contributed by atoms with van der Waals surface area (Å²) < 4.78 is 0. The van der Waals surface area contributed by atoms with Gasteiger partial charge in [0, 0.05) is 17.4 Å². The van der Waals surface area contributed by atoms with Gasteiger partial charge in [-0.05, 0) is 36.1 Å². The third-order valence-corrected chi connectivity index (χ3v) is 5.24. The molecule has 0 aliphatic carbocycles. The maximum atomic E-state index is 12.5. The zero-order valence-corrected chi connectivity index (χ0v) is 14.5. The molecule has 122 valence electrons. The summed E-state index contributed by atoms with van der Waals surface area (Å²) in [4.78, 5) is 25.0. The van der Waals surface area contributed by atoms with Gasteiger partial charge >= 0.3 is 5.97 Å². The van der Waals surface area contributed by atoms with Crippen LogP contribution in [0.25, 0.3) is 0 Å². The largest absolute Gasteiger partial charge is 0.481 e. The van der Waals surface area contributed by atoms with Gasteiger partial charge in [-0.25, -0.2) is 0 Å². The first-order valence-electron chi connectivity index (χ1n) is 7.28. The standard InChI is InChI=1S/C17H19NO3S2/c1-22-14-9-10-23-16(14)17(21)18-13(7-8-15(19)20)11-12-5-3-2-4-6-12/h2-6,9-10,13H,7-8,11H2,1H3,(H,18,21)(H,19,20). The first-order chi connectivity index (χ1) is 11.1. The van der Waals surface area contributed by atoms with Gasteiger partial charge in [0.15, 0.2) is 0 Å². The summed E-state index contributed by atoms with van der Waals surface area (Å²) in [7, 11) is 0. The molecule has 0 aliphatic heterocycles. The molecule has 6 heteroatoms. The van der Waals surface area contributed by atoms with Crippen LogP contribution >= 0.6 is 23.1 Å². The van der Waals surface area contributed by atoms with E-state index in [1.807, 2.05) is 48.0 Å². The lowest BCUT2D eigenvalue weighted by Gasteiger charge is -2.18. The van der Waals surface area contributed by atoms with Crippen molar-refractivity contribution < 1.29 is 14.7 Å². The van der Waals surface area contributed by atoms with E-state index in [1.54, 1.807) is 0 Å². The molecule has 0 saturated heterocycles. The highest BCUT2D eigenvalue weighted by Gasteiger charge is 2.18. The van der Waals surface area contributed by atoms with E-state index < -0.39 is 5.97 Å². The van der Waals surface area contributed by atoms with E-state index in [9.17, 15) is 9.59 Å². The van der Waals surface area contributed by atoms with Crippen LogP contribution in [0.1, 0.15) is 28.1 Å². The minimum Gasteiger partial charge on any atom is -0.481 e. The molecule has 0 radical (unpaired) electrons. The van der Waals surface area contributed by atoms with Crippen molar-refractivity contribution in [3.05, 3.63) is 52.2 Å². The normalized spacial score (nSPS) is 11.9. The Morgan fingerprint density at radius 2 is 2.00 bits per heavy atom. The van der Waals surface area contributed by atoms with E-state index in [0.29, 0.717) is 17.7 Å². The second kappa shape index (κ2) is 8.74. The molecule has 0 bridgehead atoms. The fourth-order valence-corrected chi connectivity index (χ4v) is 3.95. The number of hydrogen-bond acceptors (Lipinski definition) is 4. The van der Waals surface area contributed by atoms with Crippen LogP contribution in [0.5, 0.6) is 0 Å². The molecule has 0 fully saturated rings. The van der Waals surface area contributed by atoms with Crippen LogP contribution in [-0.4, -0.2) is 29.3 Å². The SMILES string of the molecule is CSc1ccsc1C(=O)NC(CCC(=O)O)Cc1ccccc1. The Morgan fingerprint density at radius 1 is 1.26 bits per heavy atom. The highest BCUT2D eigenvalue weighted by atomic mass is 32.2. The monoisotopic (exact) mass is 349 g/mol. The summed E-state index contributed by atoms with van der Waals surface area (Å²) in [6, 6.07) is 11.5. The number of hydrogen-bond donors (Lipinski definition) is 2. The third-order valence-electron chi connectivity index (χ3n) is 3.42. The first kappa shape index (κ1) is 17.6. The molecule has 0 saturated carbocycles. The predicted molar refractivity (Wildman–Crippen MR) is 94.4 cm³/mol. The van der Waals surface area contributed by atoms with Gasteiger partial charge in [0.25, 0.3) is 5.91 Å². The van der Waals surface area contributed by atoms with Crippen LogP contribution in [0.4, 0.5) is 0 Å². The van der Waals surface area contributed by atoms with Crippen LogP contribution in [0.2, 0.25) is 0 Å². The van der Waals surface area contributed by atoms with Gasteiger partial charge in [0.2, 0.25) is 0 Å². The average molecular weight is 349 g/mol. The minimum atomic E-state index is -0.849. The summed E-state index contributed by atoms with van der Waals surface area (Å²) in [6.07, 6.45) is 3.01. The molecule has 0 spiro atoms. The average Bonchev–Trinajstić information content (AvgIpc) is 3.02. The second-order valence-corrected chi connectivity index (χ2v) is 6.87. The molecule has 23 heavy (non-hydrogen) atoms. The Labute approximate surface area is 143 Å². The minimum absolute atomic E-state index is 0.0393. The zero-order chi connectivity index (χ0) is 16.7. The predicted octanol–water partition coefficient (Wildman–Crippen LogP) is 3.68. The van der Waals surface area contributed by atoms with E-state index in [2.05, 4.69) is 5.32 Å². The molecular formula is C17H19NO3S2. The number of carbonyl (C=O) groups excluding carboxylic acids is 1. The lowest BCUT2D eigenvalue weighted by molar-refractivity contribution is -0.137. The maximum absolute atomic E-state index is 12.5. The van der Waals surface area contributed by atoms with Crippen molar-refractivity contribution in [2.45, 2.75) is 30.2 Å². The van der Waals surface area contributed by atoms with Gasteiger partial charge in [0.05, 0.1) is 0 Å². The van der Waals surface area contributed by atoms with E-state index >= 15 is 0 Å². The molecule has 0 aliphatic rings. The molecule has 2 rings (SSSR count). The summed E-state index contributed by atoms with van der Waals surface area (Å²) >= 11 is 2.94. The molecule has 1 aromatic heterocycles. The van der Waals surface area contributed by atoms with Crippen molar-refractivity contribution in [2.75, 3.05) is 6.26 Å². The molecule has 1 amide bonds. The Hall–Kier alpha value is -1.79.